The summed E-state index contributed by atoms with van der Waals surface area (Å²) < 4.78 is 0. The summed E-state index contributed by atoms with van der Waals surface area (Å²) >= 11 is 1.98. The summed E-state index contributed by atoms with van der Waals surface area (Å²) in [4.78, 5) is 17.6. The van der Waals surface area contributed by atoms with Crippen molar-refractivity contribution in [1.29, 1.82) is 0 Å². The van der Waals surface area contributed by atoms with Gasteiger partial charge in [0.15, 0.2) is 5.96 Å². The zero-order chi connectivity index (χ0) is 14.8. The van der Waals surface area contributed by atoms with Crippen molar-refractivity contribution in [3.05, 3.63) is 0 Å². The van der Waals surface area contributed by atoms with Crippen LogP contribution in [-0.4, -0.2) is 61.5 Å². The average Bonchev–Trinajstić information content (AvgIpc) is 2.45. The first-order valence-corrected chi connectivity index (χ1v) is 8.61. The van der Waals surface area contributed by atoms with Crippen molar-refractivity contribution in [2.75, 3.05) is 38.7 Å². The minimum Gasteiger partial charge on any atom is -0.356 e. The van der Waals surface area contributed by atoms with Crippen LogP contribution in [0.2, 0.25) is 0 Å². The lowest BCUT2D eigenvalue weighted by atomic mass is 10.2. The lowest BCUT2D eigenvalue weighted by molar-refractivity contribution is -0.127. The van der Waals surface area contributed by atoms with Gasteiger partial charge in [0.1, 0.15) is 6.54 Å². The molecular formula is C14H28N4OS. The molecule has 1 fully saturated rings. The summed E-state index contributed by atoms with van der Waals surface area (Å²) in [6.07, 6.45) is 4.70. The molecule has 20 heavy (non-hydrogen) atoms. The van der Waals surface area contributed by atoms with E-state index in [0.29, 0.717) is 6.04 Å². The maximum Gasteiger partial charge on any atom is 0.243 e. The molecule has 1 amide bonds. The molecule has 1 unspecified atom stereocenters. The molecule has 0 aromatic carbocycles. The fraction of sp³-hybridized carbons (Fsp3) is 0.857. The molecule has 1 saturated heterocycles. The van der Waals surface area contributed by atoms with Crippen LogP contribution in [0.3, 0.4) is 0 Å². The second kappa shape index (κ2) is 9.91. The van der Waals surface area contributed by atoms with E-state index in [9.17, 15) is 4.79 Å². The van der Waals surface area contributed by atoms with E-state index in [2.05, 4.69) is 22.5 Å². The normalized spacial score (nSPS) is 19.6. The molecule has 5 nitrogen and oxygen atoms in total. The van der Waals surface area contributed by atoms with E-state index < -0.39 is 0 Å². The lowest BCUT2D eigenvalue weighted by Crippen LogP contribution is -2.46. The number of likely N-dealkylation sites (N-methyl/N-ethyl adjacent to an activating group) is 1. The molecule has 0 bridgehead atoms. The van der Waals surface area contributed by atoms with Crippen molar-refractivity contribution < 1.29 is 4.79 Å². The van der Waals surface area contributed by atoms with Crippen LogP contribution in [-0.2, 0) is 4.79 Å². The Kier molecular flexibility index (Phi) is 8.49. The molecule has 116 valence electrons. The Morgan fingerprint density at radius 3 is 2.85 bits per heavy atom. The smallest absolute Gasteiger partial charge is 0.243 e. The Labute approximate surface area is 127 Å². The number of nitrogens with zero attached hydrogens (tertiary/aromatic N) is 2. The number of aliphatic imine (C=N–C) groups is 1. The van der Waals surface area contributed by atoms with E-state index in [1.54, 1.807) is 19.0 Å². The van der Waals surface area contributed by atoms with Gasteiger partial charge in [-0.05, 0) is 25.0 Å². The summed E-state index contributed by atoms with van der Waals surface area (Å²) in [6.45, 7) is 3.27. The predicted octanol–water partition coefficient (Wildman–Crippen LogP) is 1.31. The van der Waals surface area contributed by atoms with Crippen molar-refractivity contribution in [2.24, 2.45) is 4.99 Å². The fourth-order valence-corrected chi connectivity index (χ4v) is 2.94. The first-order chi connectivity index (χ1) is 9.63. The van der Waals surface area contributed by atoms with E-state index in [4.69, 9.17) is 0 Å². The molecule has 1 aliphatic heterocycles. The number of rotatable bonds is 6. The van der Waals surface area contributed by atoms with E-state index in [1.807, 2.05) is 11.8 Å². The number of unbranched alkanes of at least 4 members (excludes halogenated alkanes) is 1. The molecule has 1 rings (SSSR count). The SMILES string of the molecule is CCCCNC(=NCC(=O)N(C)C)NC1CCCSC1. The molecule has 0 aliphatic carbocycles. The quantitative estimate of drug-likeness (QED) is 0.441. The first-order valence-electron chi connectivity index (χ1n) is 7.46. The number of carbonyl (C=O) groups is 1. The molecule has 0 saturated carbocycles. The molecule has 1 heterocycles. The highest BCUT2D eigenvalue weighted by Crippen LogP contribution is 2.16. The Hall–Kier alpha value is -0.910. The van der Waals surface area contributed by atoms with Crippen LogP contribution in [0.5, 0.6) is 0 Å². The van der Waals surface area contributed by atoms with Crippen LogP contribution in [0.15, 0.2) is 4.99 Å². The van der Waals surface area contributed by atoms with Crippen LogP contribution in [0.4, 0.5) is 0 Å². The van der Waals surface area contributed by atoms with Gasteiger partial charge in [-0.1, -0.05) is 13.3 Å². The third-order valence-electron chi connectivity index (χ3n) is 3.20. The number of hydrogen-bond acceptors (Lipinski definition) is 3. The van der Waals surface area contributed by atoms with Gasteiger partial charge in [-0.25, -0.2) is 4.99 Å². The van der Waals surface area contributed by atoms with Crippen LogP contribution in [0.1, 0.15) is 32.6 Å². The van der Waals surface area contributed by atoms with Crippen molar-refractivity contribution in [1.82, 2.24) is 15.5 Å². The monoisotopic (exact) mass is 300 g/mol. The molecule has 1 atom stereocenters. The van der Waals surface area contributed by atoms with Gasteiger partial charge in [-0.15, -0.1) is 0 Å². The zero-order valence-electron chi connectivity index (χ0n) is 12.9. The van der Waals surface area contributed by atoms with Gasteiger partial charge in [0.2, 0.25) is 5.91 Å². The summed E-state index contributed by atoms with van der Waals surface area (Å²) in [5.74, 6) is 3.18. The van der Waals surface area contributed by atoms with Crippen molar-refractivity contribution in [3.63, 3.8) is 0 Å². The highest BCUT2D eigenvalue weighted by Gasteiger charge is 2.15. The van der Waals surface area contributed by atoms with Gasteiger partial charge in [-0.2, -0.15) is 11.8 Å². The molecule has 0 aromatic heterocycles. The molecule has 0 spiro atoms. The topological polar surface area (TPSA) is 56.7 Å². The third-order valence-corrected chi connectivity index (χ3v) is 4.41. The molecule has 2 N–H and O–H groups in total. The molecule has 6 heteroatoms. The fourth-order valence-electron chi connectivity index (χ4n) is 1.87. The van der Waals surface area contributed by atoms with Gasteiger partial charge < -0.3 is 15.5 Å². The van der Waals surface area contributed by atoms with Crippen molar-refractivity contribution >= 4 is 23.6 Å². The van der Waals surface area contributed by atoms with Gasteiger partial charge in [0.05, 0.1) is 0 Å². The van der Waals surface area contributed by atoms with Gasteiger partial charge in [-0.3, -0.25) is 4.79 Å². The largest absolute Gasteiger partial charge is 0.356 e. The summed E-state index contributed by atoms with van der Waals surface area (Å²) in [5, 5.41) is 6.78. The Balaban J connectivity index is 2.48. The van der Waals surface area contributed by atoms with Crippen LogP contribution in [0.25, 0.3) is 0 Å². The van der Waals surface area contributed by atoms with E-state index >= 15 is 0 Å². The first kappa shape index (κ1) is 17.1. The summed E-state index contributed by atoms with van der Waals surface area (Å²) in [5.41, 5.74) is 0. The van der Waals surface area contributed by atoms with Gasteiger partial charge >= 0.3 is 0 Å². The predicted molar refractivity (Wildman–Crippen MR) is 87.4 cm³/mol. The number of guanidine groups is 1. The second-order valence-corrected chi connectivity index (χ2v) is 6.44. The van der Waals surface area contributed by atoms with E-state index in [0.717, 1.165) is 31.1 Å². The second-order valence-electron chi connectivity index (χ2n) is 5.29. The standard InChI is InChI=1S/C14H28N4OS/c1-4-5-8-15-14(16-10-13(19)18(2)3)17-12-7-6-9-20-11-12/h12H,4-11H2,1-3H3,(H2,15,16,17). The number of hydrogen-bond donors (Lipinski definition) is 2. The number of carbonyl (C=O) groups excluding carboxylic acids is 1. The number of amides is 1. The van der Waals surface area contributed by atoms with Gasteiger partial charge in [0, 0.05) is 32.4 Å². The zero-order valence-corrected chi connectivity index (χ0v) is 13.8. The molecule has 1 aliphatic rings. The Morgan fingerprint density at radius 1 is 1.45 bits per heavy atom. The van der Waals surface area contributed by atoms with Crippen LogP contribution >= 0.6 is 11.8 Å². The lowest BCUT2D eigenvalue weighted by Gasteiger charge is -2.24. The molecule has 0 radical (unpaired) electrons. The number of nitrogens with one attached hydrogen (secondary N) is 2. The summed E-state index contributed by atoms with van der Waals surface area (Å²) in [6, 6.07) is 0.469. The average molecular weight is 300 g/mol. The minimum atomic E-state index is 0.0274. The van der Waals surface area contributed by atoms with Crippen LogP contribution < -0.4 is 10.6 Å². The third kappa shape index (κ3) is 7.03. The van der Waals surface area contributed by atoms with E-state index in [1.165, 1.54) is 18.6 Å². The summed E-state index contributed by atoms with van der Waals surface area (Å²) in [7, 11) is 3.51. The molecule has 0 aromatic rings. The highest BCUT2D eigenvalue weighted by molar-refractivity contribution is 7.99. The van der Waals surface area contributed by atoms with Gasteiger partial charge in [0.25, 0.3) is 0 Å². The van der Waals surface area contributed by atoms with E-state index in [-0.39, 0.29) is 12.5 Å². The van der Waals surface area contributed by atoms with Crippen LogP contribution in [0, 0.1) is 0 Å². The minimum absolute atomic E-state index is 0.0274. The highest BCUT2D eigenvalue weighted by atomic mass is 32.2. The molecular weight excluding hydrogens is 272 g/mol. The van der Waals surface area contributed by atoms with Crippen molar-refractivity contribution in [2.45, 2.75) is 38.6 Å². The maximum absolute atomic E-state index is 11.6. The Morgan fingerprint density at radius 2 is 2.25 bits per heavy atom. The number of thioether (sulfide) groups is 1. The Bertz CT molecular complexity index is 314. The maximum atomic E-state index is 11.6. The van der Waals surface area contributed by atoms with Crippen molar-refractivity contribution in [3.8, 4) is 0 Å².